The Morgan fingerprint density at radius 3 is 2.55 bits per heavy atom. The van der Waals surface area contributed by atoms with Crippen LogP contribution in [0.3, 0.4) is 0 Å². The maximum Gasteiger partial charge on any atom is 0.225 e. The van der Waals surface area contributed by atoms with Crippen LogP contribution in [0.5, 0.6) is 0 Å². The van der Waals surface area contributed by atoms with E-state index in [0.717, 1.165) is 44.2 Å². The number of hydrogen-bond acceptors (Lipinski definition) is 5. The first-order valence-corrected chi connectivity index (χ1v) is 7.56. The molecule has 112 valence electrons. The third-order valence-electron chi connectivity index (χ3n) is 4.13. The normalized spacial score (nSPS) is 16.3. The summed E-state index contributed by atoms with van der Waals surface area (Å²) < 4.78 is 0. The van der Waals surface area contributed by atoms with E-state index in [9.17, 15) is 0 Å². The molecule has 1 aromatic carbocycles. The zero-order valence-corrected chi connectivity index (χ0v) is 12.3. The quantitative estimate of drug-likeness (QED) is 0.796. The molecule has 1 N–H and O–H groups in total. The highest BCUT2D eigenvalue weighted by Gasteiger charge is 2.19. The van der Waals surface area contributed by atoms with Crippen molar-refractivity contribution in [1.82, 2.24) is 25.1 Å². The Labute approximate surface area is 128 Å². The number of fused-ring (bicyclic) bond motifs is 1. The standard InChI is InChI=1S/C16H18N6/c1-2-5-14-13(4-1)15(20-19-14)12-21-8-10-22(11-9-21)16-17-6-3-7-18-16/h1-7H,8-12H2,(H,19,20). The second-order valence-electron chi connectivity index (χ2n) is 5.53. The number of benzene rings is 1. The third-order valence-corrected chi connectivity index (χ3v) is 4.13. The van der Waals surface area contributed by atoms with Gasteiger partial charge in [-0.05, 0) is 12.1 Å². The molecule has 6 nitrogen and oxygen atoms in total. The summed E-state index contributed by atoms with van der Waals surface area (Å²) in [4.78, 5) is 13.3. The maximum absolute atomic E-state index is 4.36. The van der Waals surface area contributed by atoms with E-state index in [1.54, 1.807) is 12.4 Å². The van der Waals surface area contributed by atoms with E-state index in [2.05, 4.69) is 42.1 Å². The number of aromatic nitrogens is 4. The average Bonchev–Trinajstić information content (AvgIpc) is 3.00. The fraction of sp³-hybridized carbons (Fsp3) is 0.312. The number of anilines is 1. The molecule has 2 aromatic heterocycles. The largest absolute Gasteiger partial charge is 0.338 e. The molecule has 6 heteroatoms. The van der Waals surface area contributed by atoms with Gasteiger partial charge in [-0.25, -0.2) is 9.97 Å². The number of nitrogens with zero attached hydrogens (tertiary/aromatic N) is 5. The fourth-order valence-corrected chi connectivity index (χ4v) is 2.92. The van der Waals surface area contributed by atoms with Gasteiger partial charge in [0.15, 0.2) is 0 Å². The summed E-state index contributed by atoms with van der Waals surface area (Å²) in [6.45, 7) is 4.83. The zero-order chi connectivity index (χ0) is 14.8. The van der Waals surface area contributed by atoms with Gasteiger partial charge in [0.25, 0.3) is 0 Å². The van der Waals surface area contributed by atoms with Crippen molar-refractivity contribution in [1.29, 1.82) is 0 Å². The van der Waals surface area contributed by atoms with Gasteiger partial charge in [0.1, 0.15) is 0 Å². The Kier molecular flexibility index (Phi) is 3.44. The highest BCUT2D eigenvalue weighted by Crippen LogP contribution is 2.18. The maximum atomic E-state index is 4.36. The molecule has 4 rings (SSSR count). The van der Waals surface area contributed by atoms with Crippen molar-refractivity contribution in [3.05, 3.63) is 48.4 Å². The van der Waals surface area contributed by atoms with Crippen LogP contribution in [0.25, 0.3) is 10.9 Å². The van der Waals surface area contributed by atoms with Crippen LogP contribution in [-0.4, -0.2) is 51.2 Å². The topological polar surface area (TPSA) is 60.9 Å². The van der Waals surface area contributed by atoms with Gasteiger partial charge >= 0.3 is 0 Å². The lowest BCUT2D eigenvalue weighted by Gasteiger charge is -2.34. The van der Waals surface area contributed by atoms with Gasteiger partial charge in [-0.2, -0.15) is 5.10 Å². The first-order chi connectivity index (χ1) is 10.9. The molecule has 1 saturated heterocycles. The van der Waals surface area contributed by atoms with Crippen molar-refractivity contribution >= 4 is 16.9 Å². The van der Waals surface area contributed by atoms with Crippen molar-refractivity contribution in [3.8, 4) is 0 Å². The lowest BCUT2D eigenvalue weighted by atomic mass is 10.2. The summed E-state index contributed by atoms with van der Waals surface area (Å²) in [6, 6.07) is 10.1. The minimum atomic E-state index is 0.828. The predicted octanol–water partition coefficient (Wildman–Crippen LogP) is 1.68. The Hall–Kier alpha value is -2.47. The Morgan fingerprint density at radius 1 is 0.955 bits per heavy atom. The minimum Gasteiger partial charge on any atom is -0.338 e. The number of nitrogens with one attached hydrogen (secondary N) is 1. The molecule has 1 fully saturated rings. The van der Waals surface area contributed by atoms with Gasteiger partial charge < -0.3 is 4.90 Å². The highest BCUT2D eigenvalue weighted by atomic mass is 15.3. The molecule has 0 atom stereocenters. The van der Waals surface area contributed by atoms with Crippen molar-refractivity contribution in [2.45, 2.75) is 6.54 Å². The Balaban J connectivity index is 1.42. The second-order valence-corrected chi connectivity index (χ2v) is 5.53. The molecule has 0 aliphatic carbocycles. The van der Waals surface area contributed by atoms with Crippen LogP contribution in [0.1, 0.15) is 5.69 Å². The van der Waals surface area contributed by atoms with Crippen molar-refractivity contribution < 1.29 is 0 Å². The van der Waals surface area contributed by atoms with Crippen LogP contribution in [-0.2, 0) is 6.54 Å². The number of piperazine rings is 1. The van der Waals surface area contributed by atoms with E-state index < -0.39 is 0 Å². The number of para-hydroxylation sites is 1. The smallest absolute Gasteiger partial charge is 0.225 e. The Morgan fingerprint density at radius 2 is 1.73 bits per heavy atom. The van der Waals surface area contributed by atoms with Gasteiger partial charge in [-0.3, -0.25) is 10.00 Å². The number of aromatic amines is 1. The van der Waals surface area contributed by atoms with Crippen LogP contribution in [0.15, 0.2) is 42.7 Å². The van der Waals surface area contributed by atoms with Crippen LogP contribution in [0.4, 0.5) is 5.95 Å². The van der Waals surface area contributed by atoms with Crippen LogP contribution >= 0.6 is 0 Å². The van der Waals surface area contributed by atoms with E-state index in [4.69, 9.17) is 0 Å². The van der Waals surface area contributed by atoms with Crippen LogP contribution < -0.4 is 4.90 Å². The molecule has 22 heavy (non-hydrogen) atoms. The van der Waals surface area contributed by atoms with E-state index in [-0.39, 0.29) is 0 Å². The second kappa shape index (κ2) is 5.73. The molecular formula is C16H18N6. The summed E-state index contributed by atoms with van der Waals surface area (Å²) in [7, 11) is 0. The average molecular weight is 294 g/mol. The Bertz CT molecular complexity index is 745. The summed E-state index contributed by atoms with van der Waals surface area (Å²) in [5.41, 5.74) is 2.23. The summed E-state index contributed by atoms with van der Waals surface area (Å²) in [5, 5.41) is 8.76. The monoisotopic (exact) mass is 294 g/mol. The minimum absolute atomic E-state index is 0.828. The predicted molar refractivity (Wildman–Crippen MR) is 85.6 cm³/mol. The molecule has 0 bridgehead atoms. The lowest BCUT2D eigenvalue weighted by molar-refractivity contribution is 0.246. The van der Waals surface area contributed by atoms with Crippen LogP contribution in [0, 0.1) is 0 Å². The van der Waals surface area contributed by atoms with E-state index >= 15 is 0 Å². The molecule has 1 aliphatic heterocycles. The van der Waals surface area contributed by atoms with Gasteiger partial charge in [0, 0.05) is 50.5 Å². The highest BCUT2D eigenvalue weighted by molar-refractivity contribution is 5.81. The molecule has 0 saturated carbocycles. The molecule has 3 heterocycles. The SMILES string of the molecule is c1cnc(N2CCN(Cc3[nH]nc4ccccc34)CC2)nc1. The number of rotatable bonds is 3. The van der Waals surface area contributed by atoms with Crippen molar-refractivity contribution in [2.75, 3.05) is 31.1 Å². The molecule has 1 aliphatic rings. The summed E-state index contributed by atoms with van der Waals surface area (Å²) >= 11 is 0. The number of H-pyrrole nitrogens is 1. The van der Waals surface area contributed by atoms with Crippen molar-refractivity contribution in [3.63, 3.8) is 0 Å². The summed E-state index contributed by atoms with van der Waals surface area (Å²) in [5.74, 6) is 0.828. The van der Waals surface area contributed by atoms with E-state index in [1.807, 2.05) is 18.2 Å². The fourth-order valence-electron chi connectivity index (χ4n) is 2.92. The molecule has 0 radical (unpaired) electrons. The zero-order valence-electron chi connectivity index (χ0n) is 12.3. The lowest BCUT2D eigenvalue weighted by Crippen LogP contribution is -2.46. The van der Waals surface area contributed by atoms with Gasteiger partial charge in [-0.1, -0.05) is 18.2 Å². The van der Waals surface area contributed by atoms with Crippen molar-refractivity contribution in [2.24, 2.45) is 0 Å². The van der Waals surface area contributed by atoms with Crippen LogP contribution in [0.2, 0.25) is 0 Å². The van der Waals surface area contributed by atoms with Gasteiger partial charge in [0.2, 0.25) is 5.95 Å². The summed E-state index contributed by atoms with van der Waals surface area (Å²) in [6.07, 6.45) is 3.59. The van der Waals surface area contributed by atoms with Gasteiger partial charge in [-0.15, -0.1) is 0 Å². The molecule has 3 aromatic rings. The first kappa shape index (κ1) is 13.2. The van der Waals surface area contributed by atoms with E-state index in [0.29, 0.717) is 0 Å². The molecule has 0 amide bonds. The van der Waals surface area contributed by atoms with Gasteiger partial charge in [0.05, 0.1) is 11.2 Å². The molecular weight excluding hydrogens is 276 g/mol. The van der Waals surface area contributed by atoms with E-state index in [1.165, 1.54) is 11.1 Å². The number of hydrogen-bond donors (Lipinski definition) is 1. The molecule has 0 spiro atoms. The third kappa shape index (κ3) is 2.53. The first-order valence-electron chi connectivity index (χ1n) is 7.56. The molecule has 0 unspecified atom stereocenters.